The molecule has 7 heteroatoms. The third-order valence-electron chi connectivity index (χ3n) is 3.65. The molecule has 1 aliphatic heterocycles. The molecule has 120 valence electrons. The zero-order chi connectivity index (χ0) is 16.1. The number of hydrogen-bond acceptors (Lipinski definition) is 4. The first-order valence-corrected chi connectivity index (χ1v) is 6.88. The smallest absolute Gasteiger partial charge is 0.410 e. The minimum atomic E-state index is -2.70. The van der Waals surface area contributed by atoms with Gasteiger partial charge in [0.2, 0.25) is 6.43 Å². The quantitative estimate of drug-likeness (QED) is 0.801. The number of alkyl halides is 2. The molecular weight excluding hydrogens is 296 g/mol. The Hall–Kier alpha value is -2.18. The van der Waals surface area contributed by atoms with Crippen molar-refractivity contribution in [1.82, 2.24) is 4.90 Å². The van der Waals surface area contributed by atoms with Crippen LogP contribution in [0.3, 0.4) is 0 Å². The first kappa shape index (κ1) is 16.2. The number of methoxy groups -OCH3 is 1. The zero-order valence-corrected chi connectivity index (χ0v) is 12.1. The number of nitrogens with zero attached hydrogens (tertiary/aromatic N) is 1. The standard InChI is InChI=1S/C15H17F2NO4/c1-21-14(19)12-11(13(16)17)7-8-18(12)15(20)22-9-10-5-3-2-4-6-10/h2-6,11-13H,7-9H2,1H3/t11-,12-/m1/s1. The lowest BCUT2D eigenvalue weighted by Gasteiger charge is -2.25. The Labute approximate surface area is 126 Å². The molecule has 2 rings (SSSR count). The summed E-state index contributed by atoms with van der Waals surface area (Å²) in [5, 5.41) is 0. The Morgan fingerprint density at radius 1 is 1.32 bits per heavy atom. The topological polar surface area (TPSA) is 55.8 Å². The van der Waals surface area contributed by atoms with E-state index in [9.17, 15) is 18.4 Å². The number of carbonyl (C=O) groups is 2. The number of carbonyl (C=O) groups excluding carboxylic acids is 2. The van der Waals surface area contributed by atoms with E-state index in [1.807, 2.05) is 6.07 Å². The number of likely N-dealkylation sites (tertiary alicyclic amines) is 1. The average molecular weight is 313 g/mol. The summed E-state index contributed by atoms with van der Waals surface area (Å²) in [6, 6.07) is 7.67. The molecule has 0 bridgehead atoms. The molecule has 5 nitrogen and oxygen atoms in total. The largest absolute Gasteiger partial charge is 0.467 e. The van der Waals surface area contributed by atoms with E-state index in [2.05, 4.69) is 4.74 Å². The minimum absolute atomic E-state index is 0.0173. The molecule has 0 aliphatic carbocycles. The van der Waals surface area contributed by atoms with E-state index >= 15 is 0 Å². The van der Waals surface area contributed by atoms with Crippen LogP contribution in [0.25, 0.3) is 0 Å². The van der Waals surface area contributed by atoms with Crippen LogP contribution < -0.4 is 0 Å². The number of esters is 1. The van der Waals surface area contributed by atoms with Crippen molar-refractivity contribution in [2.75, 3.05) is 13.7 Å². The summed E-state index contributed by atoms with van der Waals surface area (Å²) < 4.78 is 35.6. The van der Waals surface area contributed by atoms with Gasteiger partial charge in [-0.2, -0.15) is 0 Å². The van der Waals surface area contributed by atoms with Crippen LogP contribution in [0.5, 0.6) is 0 Å². The summed E-state index contributed by atoms with van der Waals surface area (Å²) >= 11 is 0. The lowest BCUT2D eigenvalue weighted by atomic mass is 10.0. The number of halogens is 2. The van der Waals surface area contributed by atoms with E-state index in [4.69, 9.17) is 4.74 Å². The van der Waals surface area contributed by atoms with Crippen molar-refractivity contribution in [3.05, 3.63) is 35.9 Å². The number of hydrogen-bond donors (Lipinski definition) is 0. The number of rotatable bonds is 4. The van der Waals surface area contributed by atoms with Crippen molar-refractivity contribution in [2.24, 2.45) is 5.92 Å². The van der Waals surface area contributed by atoms with E-state index in [1.54, 1.807) is 24.3 Å². The van der Waals surface area contributed by atoms with E-state index in [0.717, 1.165) is 17.6 Å². The molecule has 2 atom stereocenters. The van der Waals surface area contributed by atoms with Gasteiger partial charge in [0.25, 0.3) is 0 Å². The molecule has 0 spiro atoms. The highest BCUT2D eigenvalue weighted by atomic mass is 19.3. The van der Waals surface area contributed by atoms with Crippen LogP contribution in [0.1, 0.15) is 12.0 Å². The highest BCUT2D eigenvalue weighted by molar-refractivity contribution is 5.82. The molecular formula is C15H17F2NO4. The van der Waals surface area contributed by atoms with Crippen LogP contribution in [0.15, 0.2) is 30.3 Å². The second-order valence-electron chi connectivity index (χ2n) is 4.99. The van der Waals surface area contributed by atoms with Crippen LogP contribution >= 0.6 is 0 Å². The zero-order valence-electron chi connectivity index (χ0n) is 12.1. The third kappa shape index (κ3) is 3.52. The molecule has 0 unspecified atom stereocenters. The Morgan fingerprint density at radius 2 is 2.00 bits per heavy atom. The molecule has 1 aliphatic rings. The maximum Gasteiger partial charge on any atom is 0.410 e. The Morgan fingerprint density at radius 3 is 2.59 bits per heavy atom. The van der Waals surface area contributed by atoms with Crippen molar-refractivity contribution in [3.8, 4) is 0 Å². The lowest BCUT2D eigenvalue weighted by Crippen LogP contribution is -2.45. The highest BCUT2D eigenvalue weighted by Crippen LogP contribution is 2.31. The van der Waals surface area contributed by atoms with Crippen LogP contribution in [0, 0.1) is 5.92 Å². The fourth-order valence-electron chi connectivity index (χ4n) is 2.51. The van der Waals surface area contributed by atoms with Crippen LogP contribution in [0.4, 0.5) is 13.6 Å². The Kier molecular flexibility index (Phi) is 5.30. The van der Waals surface area contributed by atoms with E-state index < -0.39 is 30.4 Å². The van der Waals surface area contributed by atoms with Crippen LogP contribution in [-0.4, -0.2) is 43.1 Å². The molecule has 1 aromatic carbocycles. The predicted octanol–water partition coefficient (Wildman–Crippen LogP) is 2.45. The van der Waals surface area contributed by atoms with Gasteiger partial charge in [0.1, 0.15) is 12.6 Å². The fraction of sp³-hybridized carbons (Fsp3) is 0.467. The molecule has 0 saturated carbocycles. The Bertz CT molecular complexity index is 524. The van der Waals surface area contributed by atoms with Crippen molar-refractivity contribution in [1.29, 1.82) is 0 Å². The monoisotopic (exact) mass is 313 g/mol. The van der Waals surface area contributed by atoms with Gasteiger partial charge in [0.05, 0.1) is 13.0 Å². The highest BCUT2D eigenvalue weighted by Gasteiger charge is 2.47. The molecule has 1 saturated heterocycles. The van der Waals surface area contributed by atoms with Gasteiger partial charge >= 0.3 is 12.1 Å². The predicted molar refractivity (Wildman–Crippen MR) is 73.2 cm³/mol. The second kappa shape index (κ2) is 7.20. The van der Waals surface area contributed by atoms with Crippen molar-refractivity contribution < 1.29 is 27.8 Å². The molecule has 22 heavy (non-hydrogen) atoms. The van der Waals surface area contributed by atoms with Crippen molar-refractivity contribution in [3.63, 3.8) is 0 Å². The Balaban J connectivity index is 2.02. The maximum absolute atomic E-state index is 13.0. The molecule has 0 N–H and O–H groups in total. The molecule has 0 aromatic heterocycles. The summed E-state index contributed by atoms with van der Waals surface area (Å²) in [5.41, 5.74) is 0.773. The molecule has 1 fully saturated rings. The summed E-state index contributed by atoms with van der Waals surface area (Å²) in [6.07, 6.45) is -3.45. The van der Waals surface area contributed by atoms with Crippen molar-refractivity contribution >= 4 is 12.1 Å². The van der Waals surface area contributed by atoms with Crippen molar-refractivity contribution in [2.45, 2.75) is 25.5 Å². The van der Waals surface area contributed by atoms with Crippen LogP contribution in [0.2, 0.25) is 0 Å². The summed E-state index contributed by atoms with van der Waals surface area (Å²) in [7, 11) is 1.11. The van der Waals surface area contributed by atoms with E-state index in [1.165, 1.54) is 0 Å². The van der Waals surface area contributed by atoms with Gasteiger partial charge in [-0.05, 0) is 12.0 Å². The number of benzene rings is 1. The normalized spacial score (nSPS) is 21.0. The summed E-state index contributed by atoms with van der Waals surface area (Å²) in [6.45, 7) is 0.0613. The van der Waals surface area contributed by atoms with Gasteiger partial charge in [0.15, 0.2) is 0 Å². The van der Waals surface area contributed by atoms with Gasteiger partial charge < -0.3 is 9.47 Å². The van der Waals surface area contributed by atoms with Gasteiger partial charge in [0, 0.05) is 6.54 Å². The SMILES string of the molecule is COC(=O)[C@H]1[C@H](C(F)F)CCN1C(=O)OCc1ccccc1. The number of amides is 1. The third-order valence-corrected chi connectivity index (χ3v) is 3.65. The van der Waals surface area contributed by atoms with E-state index in [0.29, 0.717) is 0 Å². The summed E-state index contributed by atoms with van der Waals surface area (Å²) in [4.78, 5) is 24.8. The number of ether oxygens (including phenoxy) is 2. The first-order chi connectivity index (χ1) is 10.5. The molecule has 1 amide bonds. The lowest BCUT2D eigenvalue weighted by molar-refractivity contribution is -0.148. The summed E-state index contributed by atoms with van der Waals surface area (Å²) in [5.74, 6) is -2.07. The molecule has 1 heterocycles. The van der Waals surface area contributed by atoms with Gasteiger partial charge in [-0.3, -0.25) is 4.90 Å². The molecule has 0 radical (unpaired) electrons. The maximum atomic E-state index is 13.0. The van der Waals surface area contributed by atoms with Crippen LogP contribution in [-0.2, 0) is 20.9 Å². The van der Waals surface area contributed by atoms with Gasteiger partial charge in [-0.1, -0.05) is 30.3 Å². The molecule has 1 aromatic rings. The fourth-order valence-corrected chi connectivity index (χ4v) is 2.51. The minimum Gasteiger partial charge on any atom is -0.467 e. The van der Waals surface area contributed by atoms with E-state index in [-0.39, 0.29) is 19.6 Å². The first-order valence-electron chi connectivity index (χ1n) is 6.88. The van der Waals surface area contributed by atoms with Gasteiger partial charge in [-0.25, -0.2) is 18.4 Å². The second-order valence-corrected chi connectivity index (χ2v) is 4.99. The van der Waals surface area contributed by atoms with Gasteiger partial charge in [-0.15, -0.1) is 0 Å². The average Bonchev–Trinajstić information content (AvgIpc) is 2.98.